The number of nitriles is 1. The van der Waals surface area contributed by atoms with Gasteiger partial charge in [-0.3, -0.25) is 10.1 Å². The number of nitro groups is 1. The number of aryl methyl sites for hydroxylation is 1. The molecule has 0 amide bonds. The summed E-state index contributed by atoms with van der Waals surface area (Å²) in [5.74, 6) is 0.208. The minimum absolute atomic E-state index is 0.0156. The van der Waals surface area contributed by atoms with Gasteiger partial charge in [0.1, 0.15) is 11.6 Å². The Hall–Kier alpha value is -2.53. The number of hydrogen-bond acceptors (Lipinski definition) is 6. The Morgan fingerprint density at radius 3 is 2.71 bits per heavy atom. The molecule has 0 bridgehead atoms. The number of halogens is 1. The molecule has 1 heterocycles. The van der Waals surface area contributed by atoms with Crippen LogP contribution in [0.1, 0.15) is 16.8 Å². The lowest BCUT2D eigenvalue weighted by Crippen LogP contribution is -2.01. The Bertz CT molecular complexity index is 771. The highest BCUT2D eigenvalue weighted by molar-refractivity contribution is 9.10. The maximum absolute atomic E-state index is 10.8. The third kappa shape index (κ3) is 2.98. The van der Waals surface area contributed by atoms with Gasteiger partial charge >= 0.3 is 0 Å². The van der Waals surface area contributed by atoms with Crippen LogP contribution in [0.25, 0.3) is 0 Å². The van der Waals surface area contributed by atoms with Crippen LogP contribution >= 0.6 is 15.9 Å². The Kier molecular flexibility index (Phi) is 4.14. The highest BCUT2D eigenvalue weighted by Crippen LogP contribution is 2.33. The number of rotatable bonds is 3. The van der Waals surface area contributed by atoms with Gasteiger partial charge in [-0.2, -0.15) is 10.4 Å². The fourth-order valence-corrected chi connectivity index (χ4v) is 1.91. The first kappa shape index (κ1) is 14.9. The maximum Gasteiger partial charge on any atom is 0.273 e. The predicted octanol–water partition coefficient (Wildman–Crippen LogP) is 3.43. The molecule has 0 aliphatic heterocycles. The quantitative estimate of drug-likeness (QED) is 0.621. The zero-order valence-corrected chi connectivity index (χ0v) is 12.7. The number of hydrogen-bond donors (Lipinski definition) is 0. The van der Waals surface area contributed by atoms with Crippen molar-refractivity contribution in [1.29, 1.82) is 5.26 Å². The van der Waals surface area contributed by atoms with E-state index < -0.39 is 4.92 Å². The molecule has 21 heavy (non-hydrogen) atoms. The SMILES string of the molecule is Cc1nnc(Oc2cc([N+](=O)[O-])ccc2Br)c(C#N)c1C. The van der Waals surface area contributed by atoms with Crippen LogP contribution in [0.4, 0.5) is 5.69 Å². The van der Waals surface area contributed by atoms with Crippen molar-refractivity contribution in [3.05, 3.63) is 49.6 Å². The first-order valence-corrected chi connectivity index (χ1v) is 6.59. The Morgan fingerprint density at radius 2 is 2.10 bits per heavy atom. The summed E-state index contributed by atoms with van der Waals surface area (Å²) < 4.78 is 6.02. The Morgan fingerprint density at radius 1 is 1.38 bits per heavy atom. The lowest BCUT2D eigenvalue weighted by atomic mass is 10.1. The molecular weight excluding hydrogens is 340 g/mol. The summed E-state index contributed by atoms with van der Waals surface area (Å²) in [6.07, 6.45) is 0. The number of aromatic nitrogens is 2. The van der Waals surface area contributed by atoms with Crippen LogP contribution in [0.3, 0.4) is 0 Å². The zero-order valence-electron chi connectivity index (χ0n) is 11.1. The molecule has 0 spiro atoms. The molecule has 0 unspecified atom stereocenters. The molecule has 0 aliphatic rings. The molecule has 0 aliphatic carbocycles. The van der Waals surface area contributed by atoms with E-state index in [-0.39, 0.29) is 22.9 Å². The van der Waals surface area contributed by atoms with Crippen LogP contribution in [0.2, 0.25) is 0 Å². The van der Waals surface area contributed by atoms with E-state index in [1.165, 1.54) is 18.2 Å². The predicted molar refractivity (Wildman–Crippen MR) is 77.1 cm³/mol. The molecule has 8 heteroatoms. The number of non-ortho nitro benzene ring substituents is 1. The van der Waals surface area contributed by atoms with Crippen LogP contribution in [0.5, 0.6) is 11.6 Å². The molecule has 0 atom stereocenters. The normalized spacial score (nSPS) is 10.0. The van der Waals surface area contributed by atoms with Crippen LogP contribution in [0, 0.1) is 35.3 Å². The van der Waals surface area contributed by atoms with E-state index in [4.69, 9.17) is 4.74 Å². The Labute approximate surface area is 128 Å². The number of nitro benzene ring substituents is 1. The van der Waals surface area contributed by atoms with Crippen molar-refractivity contribution in [3.8, 4) is 17.7 Å². The van der Waals surface area contributed by atoms with Crippen LogP contribution < -0.4 is 4.74 Å². The van der Waals surface area contributed by atoms with Gasteiger partial charge < -0.3 is 4.74 Å². The van der Waals surface area contributed by atoms with Crippen molar-refractivity contribution >= 4 is 21.6 Å². The number of ether oxygens (including phenoxy) is 1. The second-order valence-corrected chi connectivity index (χ2v) is 5.03. The van der Waals surface area contributed by atoms with Crippen molar-refractivity contribution < 1.29 is 9.66 Å². The van der Waals surface area contributed by atoms with E-state index in [0.717, 1.165) is 0 Å². The van der Waals surface area contributed by atoms with Gasteiger partial charge in [0, 0.05) is 6.07 Å². The molecule has 1 aromatic heterocycles. The maximum atomic E-state index is 10.8. The second-order valence-electron chi connectivity index (χ2n) is 4.18. The lowest BCUT2D eigenvalue weighted by Gasteiger charge is -2.09. The largest absolute Gasteiger partial charge is 0.435 e. The molecule has 7 nitrogen and oxygen atoms in total. The van der Waals surface area contributed by atoms with E-state index in [9.17, 15) is 15.4 Å². The number of benzene rings is 1. The van der Waals surface area contributed by atoms with Crippen LogP contribution in [0.15, 0.2) is 22.7 Å². The fourth-order valence-electron chi connectivity index (χ4n) is 1.58. The van der Waals surface area contributed by atoms with E-state index in [2.05, 4.69) is 26.1 Å². The molecule has 106 valence electrons. The van der Waals surface area contributed by atoms with Crippen LogP contribution in [-0.4, -0.2) is 15.1 Å². The van der Waals surface area contributed by atoms with Gasteiger partial charge in [-0.15, -0.1) is 5.10 Å². The van der Waals surface area contributed by atoms with E-state index in [1.807, 2.05) is 6.07 Å². The molecule has 1 aromatic carbocycles. The first-order valence-electron chi connectivity index (χ1n) is 5.79. The van der Waals surface area contributed by atoms with Gasteiger partial charge in [0.15, 0.2) is 5.75 Å². The molecule has 0 saturated carbocycles. The summed E-state index contributed by atoms with van der Waals surface area (Å²) in [6, 6.07) is 6.09. The molecular formula is C13H9BrN4O3. The average molecular weight is 349 g/mol. The van der Waals surface area contributed by atoms with Gasteiger partial charge in [0.25, 0.3) is 11.6 Å². The third-order valence-electron chi connectivity index (χ3n) is 2.87. The summed E-state index contributed by atoms with van der Waals surface area (Å²) in [4.78, 5) is 10.3. The highest BCUT2D eigenvalue weighted by Gasteiger charge is 2.16. The lowest BCUT2D eigenvalue weighted by molar-refractivity contribution is -0.384. The minimum Gasteiger partial charge on any atom is -0.435 e. The monoisotopic (exact) mass is 348 g/mol. The molecule has 0 saturated heterocycles. The van der Waals surface area contributed by atoms with Crippen molar-refractivity contribution in [2.75, 3.05) is 0 Å². The van der Waals surface area contributed by atoms with Crippen molar-refractivity contribution in [2.45, 2.75) is 13.8 Å². The highest BCUT2D eigenvalue weighted by atomic mass is 79.9. The van der Waals surface area contributed by atoms with Gasteiger partial charge in [-0.05, 0) is 41.4 Å². The molecule has 0 fully saturated rings. The zero-order chi connectivity index (χ0) is 15.6. The smallest absolute Gasteiger partial charge is 0.273 e. The molecule has 2 rings (SSSR count). The summed E-state index contributed by atoms with van der Waals surface area (Å²) in [5, 5.41) is 27.7. The second kappa shape index (κ2) is 5.85. The summed E-state index contributed by atoms with van der Waals surface area (Å²) in [6.45, 7) is 3.47. The van der Waals surface area contributed by atoms with E-state index in [1.54, 1.807) is 13.8 Å². The molecule has 0 radical (unpaired) electrons. The van der Waals surface area contributed by atoms with Crippen molar-refractivity contribution in [1.82, 2.24) is 10.2 Å². The van der Waals surface area contributed by atoms with Crippen LogP contribution in [-0.2, 0) is 0 Å². The van der Waals surface area contributed by atoms with Gasteiger partial charge in [0.05, 0.1) is 21.2 Å². The van der Waals surface area contributed by atoms with E-state index >= 15 is 0 Å². The van der Waals surface area contributed by atoms with Crippen molar-refractivity contribution in [2.24, 2.45) is 0 Å². The topological polar surface area (TPSA) is 102 Å². The standard InChI is InChI=1S/C13H9BrN4O3/c1-7-8(2)16-17-13(10(7)6-15)21-12-5-9(18(19)20)3-4-11(12)14/h3-5H,1-2H3. The van der Waals surface area contributed by atoms with Crippen molar-refractivity contribution in [3.63, 3.8) is 0 Å². The summed E-state index contributed by atoms with van der Waals surface area (Å²) in [5.41, 5.74) is 1.41. The Balaban J connectivity index is 2.48. The summed E-state index contributed by atoms with van der Waals surface area (Å²) in [7, 11) is 0. The summed E-state index contributed by atoms with van der Waals surface area (Å²) >= 11 is 3.24. The first-order chi connectivity index (χ1) is 9.93. The van der Waals surface area contributed by atoms with E-state index in [0.29, 0.717) is 15.7 Å². The van der Waals surface area contributed by atoms with Gasteiger partial charge in [0.2, 0.25) is 0 Å². The minimum atomic E-state index is -0.531. The molecule has 2 aromatic rings. The fraction of sp³-hybridized carbons (Fsp3) is 0.154. The number of nitrogens with zero attached hydrogens (tertiary/aromatic N) is 4. The third-order valence-corrected chi connectivity index (χ3v) is 3.52. The molecule has 0 N–H and O–H groups in total. The average Bonchev–Trinajstić information content (AvgIpc) is 2.45. The van der Waals surface area contributed by atoms with Gasteiger partial charge in [-0.1, -0.05) is 0 Å². The van der Waals surface area contributed by atoms with Gasteiger partial charge in [-0.25, -0.2) is 0 Å².